The predicted molar refractivity (Wildman–Crippen MR) is 88.7 cm³/mol. The molecule has 0 bridgehead atoms. The summed E-state index contributed by atoms with van der Waals surface area (Å²) < 4.78 is 6.44. The van der Waals surface area contributed by atoms with Crippen LogP contribution in [0.5, 0.6) is 5.75 Å². The molecular weight excluding hydrogens is 332 g/mol. The van der Waals surface area contributed by atoms with Crippen molar-refractivity contribution < 1.29 is 9.53 Å². The number of nitrogens with two attached hydrogens (primary N) is 1. The zero-order valence-corrected chi connectivity index (χ0v) is 13.5. The van der Waals surface area contributed by atoms with Gasteiger partial charge in [0, 0.05) is 15.7 Å². The second-order valence-electron chi connectivity index (χ2n) is 4.89. The molecule has 2 aromatic carbocycles. The number of benzene rings is 2. The van der Waals surface area contributed by atoms with Crippen LogP contribution in [-0.4, -0.2) is 12.0 Å². The number of hydrogen-bond acceptors (Lipinski definition) is 3. The van der Waals surface area contributed by atoms with Gasteiger partial charge in [0.1, 0.15) is 5.75 Å². The molecule has 21 heavy (non-hydrogen) atoms. The Labute approximate surface area is 132 Å². The Morgan fingerprint density at radius 2 is 1.95 bits per heavy atom. The highest BCUT2D eigenvalue weighted by atomic mass is 79.9. The number of carbonyl (C=O) groups is 1. The minimum absolute atomic E-state index is 0.0320. The molecule has 0 saturated carbocycles. The van der Waals surface area contributed by atoms with Crippen molar-refractivity contribution in [3.05, 3.63) is 52.5 Å². The molecule has 2 aromatic rings. The van der Waals surface area contributed by atoms with E-state index in [0.717, 1.165) is 4.47 Å². The van der Waals surface area contributed by atoms with Crippen molar-refractivity contribution in [3.8, 4) is 5.75 Å². The molecule has 2 rings (SSSR count). The van der Waals surface area contributed by atoms with Crippen LogP contribution in [0, 0.1) is 0 Å². The number of rotatable bonds is 4. The van der Waals surface area contributed by atoms with Crippen LogP contribution in [0.15, 0.2) is 46.9 Å². The summed E-state index contributed by atoms with van der Waals surface area (Å²) in [6.45, 7) is 3.88. The minimum Gasteiger partial charge on any atom is -0.489 e. The maximum Gasteiger partial charge on any atom is 0.255 e. The number of para-hydroxylation sites is 2. The molecule has 0 aromatic heterocycles. The number of anilines is 2. The van der Waals surface area contributed by atoms with Crippen LogP contribution in [0.2, 0.25) is 0 Å². The minimum atomic E-state index is -0.234. The maximum absolute atomic E-state index is 12.3. The van der Waals surface area contributed by atoms with E-state index in [4.69, 9.17) is 10.5 Å². The van der Waals surface area contributed by atoms with E-state index in [0.29, 0.717) is 22.7 Å². The quantitative estimate of drug-likeness (QED) is 0.818. The molecule has 0 radical (unpaired) electrons. The van der Waals surface area contributed by atoms with E-state index in [1.807, 2.05) is 32.0 Å². The monoisotopic (exact) mass is 348 g/mol. The lowest BCUT2D eigenvalue weighted by atomic mass is 10.2. The van der Waals surface area contributed by atoms with Gasteiger partial charge in [-0.3, -0.25) is 4.79 Å². The van der Waals surface area contributed by atoms with Crippen molar-refractivity contribution >= 4 is 33.2 Å². The van der Waals surface area contributed by atoms with Gasteiger partial charge in [-0.1, -0.05) is 28.1 Å². The van der Waals surface area contributed by atoms with E-state index in [1.165, 1.54) is 0 Å². The van der Waals surface area contributed by atoms with Gasteiger partial charge in [0.15, 0.2) is 0 Å². The molecule has 0 heterocycles. The summed E-state index contributed by atoms with van der Waals surface area (Å²) in [5, 5.41) is 2.85. The Balaban J connectivity index is 2.23. The second-order valence-corrected chi connectivity index (χ2v) is 5.81. The highest BCUT2D eigenvalue weighted by molar-refractivity contribution is 9.10. The number of halogens is 1. The van der Waals surface area contributed by atoms with Gasteiger partial charge in [-0.05, 0) is 44.2 Å². The molecular formula is C16H17BrN2O2. The van der Waals surface area contributed by atoms with Crippen LogP contribution < -0.4 is 15.8 Å². The van der Waals surface area contributed by atoms with Crippen molar-refractivity contribution in [2.45, 2.75) is 20.0 Å². The Morgan fingerprint density at radius 3 is 2.62 bits per heavy atom. The predicted octanol–water partition coefficient (Wildman–Crippen LogP) is 4.07. The van der Waals surface area contributed by atoms with Gasteiger partial charge >= 0.3 is 0 Å². The number of nitrogen functional groups attached to an aromatic ring is 1. The van der Waals surface area contributed by atoms with Crippen molar-refractivity contribution in [3.63, 3.8) is 0 Å². The van der Waals surface area contributed by atoms with Gasteiger partial charge in [0.2, 0.25) is 0 Å². The maximum atomic E-state index is 12.3. The van der Waals surface area contributed by atoms with Crippen molar-refractivity contribution in [2.24, 2.45) is 0 Å². The van der Waals surface area contributed by atoms with Crippen LogP contribution >= 0.6 is 15.9 Å². The standard InChI is InChI=1S/C16H17BrN2O2/c1-10(2)21-15-6-4-3-5-14(15)19-16(20)11-7-12(17)9-13(18)8-11/h3-10H,18H2,1-2H3,(H,19,20). The third-order valence-electron chi connectivity index (χ3n) is 2.68. The summed E-state index contributed by atoms with van der Waals surface area (Å²) in [4.78, 5) is 12.3. The van der Waals surface area contributed by atoms with Gasteiger partial charge in [0.05, 0.1) is 11.8 Å². The van der Waals surface area contributed by atoms with Gasteiger partial charge < -0.3 is 15.8 Å². The summed E-state index contributed by atoms with van der Waals surface area (Å²) in [7, 11) is 0. The van der Waals surface area contributed by atoms with E-state index >= 15 is 0 Å². The van der Waals surface area contributed by atoms with Crippen molar-refractivity contribution in [2.75, 3.05) is 11.1 Å². The van der Waals surface area contributed by atoms with Crippen LogP contribution in [0.1, 0.15) is 24.2 Å². The molecule has 1 amide bonds. The molecule has 0 aliphatic carbocycles. The summed E-state index contributed by atoms with van der Waals surface area (Å²) in [5.41, 5.74) is 7.40. The third kappa shape index (κ3) is 4.23. The topological polar surface area (TPSA) is 64.3 Å². The fourth-order valence-electron chi connectivity index (χ4n) is 1.86. The first kappa shape index (κ1) is 15.4. The van der Waals surface area contributed by atoms with Crippen molar-refractivity contribution in [1.29, 1.82) is 0 Å². The van der Waals surface area contributed by atoms with Gasteiger partial charge in [-0.15, -0.1) is 0 Å². The van der Waals surface area contributed by atoms with Crippen LogP contribution in [0.3, 0.4) is 0 Å². The summed E-state index contributed by atoms with van der Waals surface area (Å²) in [6, 6.07) is 12.4. The molecule has 0 atom stereocenters. The Kier molecular flexibility index (Phi) is 4.85. The first-order chi connectivity index (χ1) is 9.95. The first-order valence-corrected chi connectivity index (χ1v) is 7.38. The number of carbonyl (C=O) groups excluding carboxylic acids is 1. The molecule has 0 saturated heterocycles. The second kappa shape index (κ2) is 6.63. The van der Waals surface area contributed by atoms with Gasteiger partial charge in [-0.2, -0.15) is 0 Å². The Bertz CT molecular complexity index is 636. The van der Waals surface area contributed by atoms with E-state index in [-0.39, 0.29) is 12.0 Å². The van der Waals surface area contributed by atoms with Crippen LogP contribution in [-0.2, 0) is 0 Å². The lowest BCUT2D eigenvalue weighted by Gasteiger charge is -2.15. The molecule has 0 aliphatic heterocycles. The number of nitrogens with one attached hydrogen (secondary N) is 1. The lowest BCUT2D eigenvalue weighted by Crippen LogP contribution is -2.14. The molecule has 110 valence electrons. The molecule has 3 N–H and O–H groups in total. The summed E-state index contributed by atoms with van der Waals surface area (Å²) >= 11 is 3.33. The smallest absolute Gasteiger partial charge is 0.255 e. The highest BCUT2D eigenvalue weighted by Crippen LogP contribution is 2.26. The zero-order valence-electron chi connectivity index (χ0n) is 11.9. The molecule has 0 spiro atoms. The number of ether oxygens (including phenoxy) is 1. The molecule has 0 aliphatic rings. The SMILES string of the molecule is CC(C)Oc1ccccc1NC(=O)c1cc(N)cc(Br)c1. The fourth-order valence-corrected chi connectivity index (χ4v) is 2.38. The zero-order chi connectivity index (χ0) is 15.4. The lowest BCUT2D eigenvalue weighted by molar-refractivity contribution is 0.102. The average Bonchev–Trinajstić information content (AvgIpc) is 2.39. The number of hydrogen-bond donors (Lipinski definition) is 2. The number of amides is 1. The Morgan fingerprint density at radius 1 is 1.24 bits per heavy atom. The van der Waals surface area contributed by atoms with Crippen LogP contribution in [0.25, 0.3) is 0 Å². The highest BCUT2D eigenvalue weighted by Gasteiger charge is 2.11. The van der Waals surface area contributed by atoms with Crippen molar-refractivity contribution in [1.82, 2.24) is 0 Å². The molecule has 4 nitrogen and oxygen atoms in total. The third-order valence-corrected chi connectivity index (χ3v) is 3.14. The normalized spacial score (nSPS) is 10.5. The van der Waals surface area contributed by atoms with E-state index in [1.54, 1.807) is 24.3 Å². The average molecular weight is 349 g/mol. The Hall–Kier alpha value is -2.01. The van der Waals surface area contributed by atoms with E-state index in [9.17, 15) is 4.79 Å². The fraction of sp³-hybridized carbons (Fsp3) is 0.188. The largest absolute Gasteiger partial charge is 0.489 e. The van der Waals surface area contributed by atoms with E-state index < -0.39 is 0 Å². The first-order valence-electron chi connectivity index (χ1n) is 6.59. The molecule has 0 unspecified atom stereocenters. The van der Waals surface area contributed by atoms with Crippen LogP contribution in [0.4, 0.5) is 11.4 Å². The molecule has 5 heteroatoms. The summed E-state index contributed by atoms with van der Waals surface area (Å²) in [6.07, 6.45) is 0.0320. The molecule has 0 fully saturated rings. The van der Waals surface area contributed by atoms with Gasteiger partial charge in [0.25, 0.3) is 5.91 Å². The van der Waals surface area contributed by atoms with E-state index in [2.05, 4.69) is 21.2 Å². The summed E-state index contributed by atoms with van der Waals surface area (Å²) in [5.74, 6) is 0.409. The van der Waals surface area contributed by atoms with Gasteiger partial charge in [-0.25, -0.2) is 0 Å².